The van der Waals surface area contributed by atoms with Gasteiger partial charge < -0.3 is 10.1 Å². The SMILES string of the molecule is CC1CCC(NCCCOCC(F)(F)F)CC1. The maximum absolute atomic E-state index is 11.8. The highest BCUT2D eigenvalue weighted by molar-refractivity contribution is 4.74. The van der Waals surface area contributed by atoms with Crippen LogP contribution in [0.4, 0.5) is 13.2 Å². The summed E-state index contributed by atoms with van der Waals surface area (Å²) in [6.45, 7) is 2.06. The van der Waals surface area contributed by atoms with Gasteiger partial charge in [-0.15, -0.1) is 0 Å². The van der Waals surface area contributed by atoms with Crippen LogP contribution in [0, 0.1) is 5.92 Å². The van der Waals surface area contributed by atoms with Crippen LogP contribution in [0.3, 0.4) is 0 Å². The van der Waals surface area contributed by atoms with Gasteiger partial charge in [0.15, 0.2) is 0 Å². The first-order valence-corrected chi connectivity index (χ1v) is 6.35. The second kappa shape index (κ2) is 7.21. The van der Waals surface area contributed by atoms with Crippen molar-refractivity contribution in [1.29, 1.82) is 0 Å². The Balaban J connectivity index is 1.91. The van der Waals surface area contributed by atoms with Gasteiger partial charge in [-0.1, -0.05) is 6.92 Å². The van der Waals surface area contributed by atoms with Crippen molar-refractivity contribution in [3.63, 3.8) is 0 Å². The molecular weight excluding hydrogens is 231 g/mol. The lowest BCUT2D eigenvalue weighted by atomic mass is 9.87. The van der Waals surface area contributed by atoms with Gasteiger partial charge in [0.05, 0.1) is 0 Å². The first kappa shape index (κ1) is 14.8. The van der Waals surface area contributed by atoms with Crippen molar-refractivity contribution in [2.45, 2.75) is 51.2 Å². The molecule has 1 saturated carbocycles. The standard InChI is InChI=1S/C12H22F3NO/c1-10-3-5-11(6-4-10)16-7-2-8-17-9-12(13,14)15/h10-11,16H,2-9H2,1H3. The van der Waals surface area contributed by atoms with Crippen LogP contribution in [-0.4, -0.2) is 32.0 Å². The number of alkyl halides is 3. The number of nitrogens with one attached hydrogen (secondary N) is 1. The molecule has 0 bridgehead atoms. The molecule has 17 heavy (non-hydrogen) atoms. The summed E-state index contributed by atoms with van der Waals surface area (Å²) in [5.41, 5.74) is 0. The molecule has 0 aromatic heterocycles. The van der Waals surface area contributed by atoms with Crippen LogP contribution >= 0.6 is 0 Å². The Bertz CT molecular complexity index is 200. The van der Waals surface area contributed by atoms with Crippen molar-refractivity contribution in [3.05, 3.63) is 0 Å². The number of hydrogen-bond donors (Lipinski definition) is 1. The minimum absolute atomic E-state index is 0.176. The topological polar surface area (TPSA) is 21.3 Å². The fourth-order valence-corrected chi connectivity index (χ4v) is 2.13. The van der Waals surface area contributed by atoms with E-state index >= 15 is 0 Å². The number of hydrogen-bond acceptors (Lipinski definition) is 2. The highest BCUT2D eigenvalue weighted by Gasteiger charge is 2.27. The van der Waals surface area contributed by atoms with E-state index in [0.29, 0.717) is 12.5 Å². The van der Waals surface area contributed by atoms with Gasteiger partial charge in [-0.2, -0.15) is 13.2 Å². The summed E-state index contributed by atoms with van der Waals surface area (Å²) in [5.74, 6) is 0.822. The second-order valence-electron chi connectivity index (χ2n) is 4.93. The van der Waals surface area contributed by atoms with E-state index in [0.717, 1.165) is 12.5 Å². The van der Waals surface area contributed by atoms with Crippen LogP contribution in [0.15, 0.2) is 0 Å². The van der Waals surface area contributed by atoms with Crippen molar-refractivity contribution in [1.82, 2.24) is 5.32 Å². The fourth-order valence-electron chi connectivity index (χ4n) is 2.13. The van der Waals surface area contributed by atoms with Gasteiger partial charge in [0.25, 0.3) is 0 Å². The highest BCUT2D eigenvalue weighted by atomic mass is 19.4. The molecule has 0 heterocycles. The van der Waals surface area contributed by atoms with Crippen molar-refractivity contribution in [3.8, 4) is 0 Å². The zero-order valence-electron chi connectivity index (χ0n) is 10.4. The van der Waals surface area contributed by atoms with Crippen LogP contribution in [-0.2, 0) is 4.74 Å². The largest absolute Gasteiger partial charge is 0.411 e. The van der Waals surface area contributed by atoms with Crippen molar-refractivity contribution in [2.24, 2.45) is 5.92 Å². The lowest BCUT2D eigenvalue weighted by molar-refractivity contribution is -0.173. The molecule has 1 fully saturated rings. The molecule has 0 saturated heterocycles. The summed E-state index contributed by atoms with van der Waals surface area (Å²) in [4.78, 5) is 0. The molecule has 1 N–H and O–H groups in total. The number of rotatable bonds is 6. The molecular formula is C12H22F3NO. The van der Waals surface area contributed by atoms with Gasteiger partial charge in [0, 0.05) is 12.6 Å². The van der Waals surface area contributed by atoms with E-state index in [9.17, 15) is 13.2 Å². The van der Waals surface area contributed by atoms with Crippen LogP contribution in [0.5, 0.6) is 0 Å². The van der Waals surface area contributed by atoms with E-state index in [2.05, 4.69) is 17.0 Å². The quantitative estimate of drug-likeness (QED) is 0.734. The zero-order chi connectivity index (χ0) is 12.7. The van der Waals surface area contributed by atoms with E-state index in [-0.39, 0.29) is 6.61 Å². The van der Waals surface area contributed by atoms with Gasteiger partial charge in [0.2, 0.25) is 0 Å². The molecule has 5 heteroatoms. The van der Waals surface area contributed by atoms with Gasteiger partial charge in [0.1, 0.15) is 6.61 Å². The van der Waals surface area contributed by atoms with Crippen LogP contribution in [0.1, 0.15) is 39.0 Å². The third-order valence-electron chi connectivity index (χ3n) is 3.18. The predicted octanol–water partition coefficient (Wildman–Crippen LogP) is 3.12. The highest BCUT2D eigenvalue weighted by Crippen LogP contribution is 2.23. The molecule has 0 amide bonds. The molecule has 0 unspecified atom stereocenters. The van der Waals surface area contributed by atoms with Crippen LogP contribution < -0.4 is 5.32 Å². The van der Waals surface area contributed by atoms with Gasteiger partial charge in [-0.25, -0.2) is 0 Å². The van der Waals surface area contributed by atoms with Crippen LogP contribution in [0.2, 0.25) is 0 Å². The maximum atomic E-state index is 11.8. The molecule has 1 aliphatic carbocycles. The van der Waals surface area contributed by atoms with Gasteiger partial charge in [-0.3, -0.25) is 0 Å². The van der Waals surface area contributed by atoms with E-state index in [1.807, 2.05) is 0 Å². The van der Waals surface area contributed by atoms with Crippen molar-refractivity contribution >= 4 is 0 Å². The first-order valence-electron chi connectivity index (χ1n) is 6.35. The molecule has 0 aliphatic heterocycles. The summed E-state index contributed by atoms with van der Waals surface area (Å²) in [7, 11) is 0. The van der Waals surface area contributed by atoms with E-state index in [4.69, 9.17) is 0 Å². The van der Waals surface area contributed by atoms with Crippen molar-refractivity contribution in [2.75, 3.05) is 19.8 Å². The van der Waals surface area contributed by atoms with E-state index in [1.165, 1.54) is 25.7 Å². The van der Waals surface area contributed by atoms with E-state index < -0.39 is 12.8 Å². The lowest BCUT2D eigenvalue weighted by Gasteiger charge is -2.27. The number of ether oxygens (including phenoxy) is 1. The van der Waals surface area contributed by atoms with Crippen molar-refractivity contribution < 1.29 is 17.9 Å². The molecule has 0 aromatic rings. The summed E-state index contributed by atoms with van der Waals surface area (Å²) < 4.78 is 39.8. The monoisotopic (exact) mass is 253 g/mol. The normalized spacial score (nSPS) is 26.1. The Labute approximate surface area is 101 Å². The third-order valence-corrected chi connectivity index (χ3v) is 3.18. The zero-order valence-corrected chi connectivity index (χ0v) is 10.4. The van der Waals surface area contributed by atoms with Gasteiger partial charge >= 0.3 is 6.18 Å². The Morgan fingerprint density at radius 1 is 1.18 bits per heavy atom. The molecule has 1 aliphatic rings. The molecule has 1 rings (SSSR count). The molecule has 0 aromatic carbocycles. The van der Waals surface area contributed by atoms with Crippen LogP contribution in [0.25, 0.3) is 0 Å². The lowest BCUT2D eigenvalue weighted by Crippen LogP contribution is -2.33. The number of halogens is 3. The average molecular weight is 253 g/mol. The van der Waals surface area contributed by atoms with Gasteiger partial charge in [-0.05, 0) is 44.6 Å². The molecule has 0 spiro atoms. The molecule has 0 radical (unpaired) electrons. The minimum atomic E-state index is -4.20. The Hall–Kier alpha value is -0.290. The second-order valence-corrected chi connectivity index (χ2v) is 4.93. The first-order chi connectivity index (χ1) is 7.97. The third kappa shape index (κ3) is 7.60. The molecule has 102 valence electrons. The smallest absolute Gasteiger partial charge is 0.372 e. The average Bonchev–Trinajstić information content (AvgIpc) is 2.24. The molecule has 0 atom stereocenters. The Kier molecular flexibility index (Phi) is 6.27. The van der Waals surface area contributed by atoms with E-state index in [1.54, 1.807) is 0 Å². The summed E-state index contributed by atoms with van der Waals surface area (Å²) in [6, 6.07) is 0.550. The molecule has 2 nitrogen and oxygen atoms in total. The minimum Gasteiger partial charge on any atom is -0.372 e. The summed E-state index contributed by atoms with van der Waals surface area (Å²) in [5, 5.41) is 3.38. The predicted molar refractivity (Wildman–Crippen MR) is 60.9 cm³/mol. The fraction of sp³-hybridized carbons (Fsp3) is 1.00. The summed E-state index contributed by atoms with van der Waals surface area (Å²) in [6.07, 6.45) is 1.31. The summed E-state index contributed by atoms with van der Waals surface area (Å²) >= 11 is 0. The maximum Gasteiger partial charge on any atom is 0.411 e. The Morgan fingerprint density at radius 3 is 2.41 bits per heavy atom. The Morgan fingerprint density at radius 2 is 1.82 bits per heavy atom.